The fraction of sp³-hybridized carbons (Fsp3) is 0.875. The molecule has 0 aromatic carbocycles. The normalized spacial score (nSPS) is 33.8. The molecular weight excluding hydrogens is 268 g/mol. The fourth-order valence-corrected chi connectivity index (χ4v) is 3.58. The minimum Gasteiger partial charge on any atom is -0.481 e. The molecule has 120 valence electrons. The number of carboxylic acid groups (broad SMARTS) is 1. The number of aliphatic carboxylic acids is 1. The third-order valence-electron chi connectivity index (χ3n) is 5.00. The van der Waals surface area contributed by atoms with Crippen molar-refractivity contribution < 1.29 is 14.7 Å². The Kier molecular flexibility index (Phi) is 5.88. The van der Waals surface area contributed by atoms with Crippen LogP contribution < -0.4 is 10.6 Å². The van der Waals surface area contributed by atoms with Gasteiger partial charge in [-0.2, -0.15) is 0 Å². The predicted molar refractivity (Wildman–Crippen MR) is 81.1 cm³/mol. The van der Waals surface area contributed by atoms with Crippen LogP contribution in [0.2, 0.25) is 0 Å². The minimum atomic E-state index is -0.784. The molecule has 2 saturated carbocycles. The van der Waals surface area contributed by atoms with Crippen LogP contribution in [-0.4, -0.2) is 29.2 Å². The van der Waals surface area contributed by atoms with Gasteiger partial charge in [-0.1, -0.05) is 26.2 Å². The van der Waals surface area contributed by atoms with Crippen molar-refractivity contribution in [1.29, 1.82) is 0 Å². The van der Waals surface area contributed by atoms with Crippen molar-refractivity contribution in [2.24, 2.45) is 11.8 Å². The molecule has 0 heterocycles. The van der Waals surface area contributed by atoms with Crippen molar-refractivity contribution >= 4 is 12.0 Å². The second-order valence-corrected chi connectivity index (χ2v) is 6.76. The molecule has 2 atom stereocenters. The fourth-order valence-electron chi connectivity index (χ4n) is 3.58. The number of hydrogen-bond acceptors (Lipinski definition) is 2. The van der Waals surface area contributed by atoms with Crippen molar-refractivity contribution in [3.63, 3.8) is 0 Å². The number of amides is 2. The Morgan fingerprint density at radius 2 is 1.57 bits per heavy atom. The number of hydrogen-bond donors (Lipinski definition) is 3. The highest BCUT2D eigenvalue weighted by atomic mass is 16.4. The molecule has 21 heavy (non-hydrogen) atoms. The van der Waals surface area contributed by atoms with Crippen LogP contribution in [0.1, 0.15) is 64.7 Å². The van der Waals surface area contributed by atoms with Gasteiger partial charge >= 0.3 is 12.0 Å². The SMILES string of the molecule is CC1CCC(NC(=O)NC2CCCCCC2C(=O)O)CC1. The number of rotatable bonds is 3. The molecule has 2 aliphatic carbocycles. The van der Waals surface area contributed by atoms with Gasteiger partial charge in [-0.15, -0.1) is 0 Å². The minimum absolute atomic E-state index is 0.187. The molecule has 0 radical (unpaired) electrons. The van der Waals surface area contributed by atoms with E-state index < -0.39 is 11.9 Å². The van der Waals surface area contributed by atoms with Crippen molar-refractivity contribution in [2.75, 3.05) is 0 Å². The number of urea groups is 1. The molecule has 0 bridgehead atoms. The molecule has 5 heteroatoms. The lowest BCUT2D eigenvalue weighted by Gasteiger charge is -2.29. The van der Waals surface area contributed by atoms with Crippen LogP contribution >= 0.6 is 0 Å². The summed E-state index contributed by atoms with van der Waals surface area (Å²) in [5, 5.41) is 15.3. The van der Waals surface area contributed by atoms with E-state index in [9.17, 15) is 14.7 Å². The Morgan fingerprint density at radius 3 is 2.24 bits per heavy atom. The Labute approximate surface area is 126 Å². The highest BCUT2D eigenvalue weighted by Gasteiger charge is 2.31. The van der Waals surface area contributed by atoms with Crippen LogP contribution in [-0.2, 0) is 4.79 Å². The zero-order valence-corrected chi connectivity index (χ0v) is 12.9. The van der Waals surface area contributed by atoms with Gasteiger partial charge in [0.05, 0.1) is 5.92 Å². The van der Waals surface area contributed by atoms with Crippen molar-refractivity contribution in [3.8, 4) is 0 Å². The van der Waals surface area contributed by atoms with Gasteiger partial charge in [0, 0.05) is 12.1 Å². The summed E-state index contributed by atoms with van der Waals surface area (Å²) >= 11 is 0. The number of nitrogens with one attached hydrogen (secondary N) is 2. The van der Waals surface area contributed by atoms with E-state index in [1.165, 1.54) is 0 Å². The molecule has 2 aliphatic rings. The molecule has 2 unspecified atom stereocenters. The van der Waals surface area contributed by atoms with Crippen molar-refractivity contribution in [2.45, 2.75) is 76.8 Å². The second kappa shape index (κ2) is 7.66. The average Bonchev–Trinajstić information content (AvgIpc) is 2.67. The maximum atomic E-state index is 12.1. The van der Waals surface area contributed by atoms with Crippen LogP contribution in [0.25, 0.3) is 0 Å². The topological polar surface area (TPSA) is 78.4 Å². The largest absolute Gasteiger partial charge is 0.481 e. The standard InChI is InChI=1S/C16H28N2O3/c1-11-7-9-12(10-8-11)17-16(21)18-14-6-4-2-3-5-13(14)15(19)20/h11-14H,2-10H2,1H3,(H,19,20)(H2,17,18,21). The van der Waals surface area contributed by atoms with Crippen LogP contribution in [0.5, 0.6) is 0 Å². The molecule has 0 aromatic heterocycles. The van der Waals surface area contributed by atoms with Gasteiger partial charge in [-0.05, 0) is 44.4 Å². The van der Waals surface area contributed by atoms with E-state index in [0.717, 1.165) is 57.3 Å². The molecule has 2 rings (SSSR count). The first-order chi connectivity index (χ1) is 10.1. The van der Waals surface area contributed by atoms with Crippen molar-refractivity contribution in [1.82, 2.24) is 10.6 Å². The summed E-state index contributed by atoms with van der Waals surface area (Å²) < 4.78 is 0. The molecule has 2 fully saturated rings. The second-order valence-electron chi connectivity index (χ2n) is 6.76. The smallest absolute Gasteiger partial charge is 0.315 e. The summed E-state index contributed by atoms with van der Waals surface area (Å²) in [7, 11) is 0. The van der Waals surface area contributed by atoms with E-state index in [-0.39, 0.29) is 18.1 Å². The first-order valence-electron chi connectivity index (χ1n) is 8.36. The average molecular weight is 296 g/mol. The molecular formula is C16H28N2O3. The van der Waals surface area contributed by atoms with Gasteiger partial charge in [-0.25, -0.2) is 4.79 Å². The summed E-state index contributed by atoms with van der Waals surface area (Å²) in [6.07, 6.45) is 8.81. The first kappa shape index (κ1) is 16.1. The molecule has 0 aliphatic heterocycles. The number of carboxylic acids is 1. The molecule has 5 nitrogen and oxygen atoms in total. The van der Waals surface area contributed by atoms with E-state index in [0.29, 0.717) is 6.42 Å². The van der Waals surface area contributed by atoms with Gasteiger partial charge in [-0.3, -0.25) is 4.79 Å². The van der Waals surface area contributed by atoms with Crippen LogP contribution in [0, 0.1) is 11.8 Å². The number of carbonyl (C=O) groups is 2. The van der Waals surface area contributed by atoms with E-state index >= 15 is 0 Å². The van der Waals surface area contributed by atoms with Gasteiger partial charge in [0.1, 0.15) is 0 Å². The van der Waals surface area contributed by atoms with E-state index in [1.807, 2.05) is 0 Å². The van der Waals surface area contributed by atoms with Gasteiger partial charge in [0.15, 0.2) is 0 Å². The maximum Gasteiger partial charge on any atom is 0.315 e. The molecule has 0 spiro atoms. The Bertz CT molecular complexity index is 365. The lowest BCUT2D eigenvalue weighted by molar-refractivity contribution is -0.142. The number of carbonyl (C=O) groups excluding carboxylic acids is 1. The molecule has 0 saturated heterocycles. The van der Waals surface area contributed by atoms with Crippen LogP contribution in [0.4, 0.5) is 4.79 Å². The van der Waals surface area contributed by atoms with Gasteiger partial charge < -0.3 is 15.7 Å². The zero-order valence-electron chi connectivity index (χ0n) is 12.9. The van der Waals surface area contributed by atoms with Crippen LogP contribution in [0.15, 0.2) is 0 Å². The summed E-state index contributed by atoms with van der Waals surface area (Å²) in [4.78, 5) is 23.5. The zero-order chi connectivity index (χ0) is 15.2. The monoisotopic (exact) mass is 296 g/mol. The highest BCUT2D eigenvalue weighted by Crippen LogP contribution is 2.25. The summed E-state index contributed by atoms with van der Waals surface area (Å²) in [5.41, 5.74) is 0. The van der Waals surface area contributed by atoms with E-state index in [1.54, 1.807) is 0 Å². The molecule has 3 N–H and O–H groups in total. The highest BCUT2D eigenvalue weighted by molar-refractivity contribution is 5.77. The third kappa shape index (κ3) is 4.90. The van der Waals surface area contributed by atoms with E-state index in [2.05, 4.69) is 17.6 Å². The Balaban J connectivity index is 1.83. The lowest BCUT2D eigenvalue weighted by atomic mass is 9.87. The maximum absolute atomic E-state index is 12.1. The van der Waals surface area contributed by atoms with Gasteiger partial charge in [0.25, 0.3) is 0 Å². The van der Waals surface area contributed by atoms with Crippen LogP contribution in [0.3, 0.4) is 0 Å². The first-order valence-corrected chi connectivity index (χ1v) is 8.36. The third-order valence-corrected chi connectivity index (χ3v) is 5.00. The Morgan fingerprint density at radius 1 is 0.905 bits per heavy atom. The lowest BCUT2D eigenvalue weighted by Crippen LogP contribution is -2.50. The molecule has 0 aromatic rings. The van der Waals surface area contributed by atoms with E-state index in [4.69, 9.17) is 0 Å². The summed E-state index contributed by atoms with van der Waals surface area (Å²) in [6.45, 7) is 2.25. The van der Waals surface area contributed by atoms with Gasteiger partial charge in [0.2, 0.25) is 0 Å². The summed E-state index contributed by atoms with van der Waals surface area (Å²) in [6, 6.07) is -0.171. The van der Waals surface area contributed by atoms with Crippen molar-refractivity contribution in [3.05, 3.63) is 0 Å². The predicted octanol–water partition coefficient (Wildman–Crippen LogP) is 2.90. The quantitative estimate of drug-likeness (QED) is 0.701. The molecule has 2 amide bonds. The Hall–Kier alpha value is -1.26. The summed E-state index contributed by atoms with van der Waals surface area (Å²) in [5.74, 6) is -0.470.